The Hall–Kier alpha value is -1.90. The molecule has 174 valence electrons. The van der Waals surface area contributed by atoms with Gasteiger partial charge >= 0.3 is 0 Å². The maximum atomic E-state index is 11.6. The molecule has 0 spiro atoms. The molecule has 1 aliphatic heterocycles. The third kappa shape index (κ3) is 4.33. The predicted molar refractivity (Wildman–Crippen MR) is 132 cm³/mol. The molecular weight excluding hydrogens is 454 g/mol. The summed E-state index contributed by atoms with van der Waals surface area (Å²) < 4.78 is 5.41. The highest BCUT2D eigenvalue weighted by Crippen LogP contribution is 2.49. The molecule has 10 heteroatoms. The van der Waals surface area contributed by atoms with Gasteiger partial charge in [0.25, 0.3) is 0 Å². The van der Waals surface area contributed by atoms with E-state index in [2.05, 4.69) is 40.7 Å². The summed E-state index contributed by atoms with van der Waals surface area (Å²) in [5.41, 5.74) is 0.105. The third-order valence-electron chi connectivity index (χ3n) is 7.15. The molecule has 5 rings (SSSR count). The van der Waals surface area contributed by atoms with Gasteiger partial charge in [-0.25, -0.2) is 4.98 Å². The van der Waals surface area contributed by atoms with Crippen LogP contribution in [0.15, 0.2) is 23.4 Å². The van der Waals surface area contributed by atoms with Crippen LogP contribution in [0.25, 0.3) is 5.52 Å². The Morgan fingerprint density at radius 3 is 2.52 bits per heavy atom. The number of aliphatic hydroxyl groups is 1. The Morgan fingerprint density at radius 2 is 1.91 bits per heavy atom. The van der Waals surface area contributed by atoms with Crippen molar-refractivity contribution in [2.75, 3.05) is 20.1 Å². The van der Waals surface area contributed by atoms with Crippen LogP contribution in [0.2, 0.25) is 0 Å². The molecule has 2 aromatic rings. The summed E-state index contributed by atoms with van der Waals surface area (Å²) >= 11 is 2.56. The number of imidazole rings is 1. The van der Waals surface area contributed by atoms with Crippen molar-refractivity contribution in [1.82, 2.24) is 19.0 Å². The number of nitrogens with one attached hydrogen (secondary N) is 3. The first-order valence-corrected chi connectivity index (χ1v) is 12.9. The zero-order valence-corrected chi connectivity index (χ0v) is 20.6. The van der Waals surface area contributed by atoms with Gasteiger partial charge in [0.2, 0.25) is 0 Å². The van der Waals surface area contributed by atoms with E-state index < -0.39 is 11.0 Å². The Balaban J connectivity index is 1.51. The van der Waals surface area contributed by atoms with Crippen LogP contribution in [0.5, 0.6) is 0 Å². The topological polar surface area (TPSA) is 124 Å². The zero-order chi connectivity index (χ0) is 23.4. The second-order valence-corrected chi connectivity index (χ2v) is 11.9. The maximum Gasteiger partial charge on any atom is 0.169 e. The number of nitriles is 1. The number of nitrogens with zero attached hydrogens (tertiary/aromatic N) is 4. The van der Waals surface area contributed by atoms with Crippen molar-refractivity contribution in [2.45, 2.75) is 61.5 Å². The van der Waals surface area contributed by atoms with Crippen LogP contribution in [-0.4, -0.2) is 55.2 Å². The fourth-order valence-corrected chi connectivity index (χ4v) is 5.95. The minimum atomic E-state index is -0.952. The number of rotatable bonds is 6. The lowest BCUT2D eigenvalue weighted by molar-refractivity contribution is -0.0195. The quantitative estimate of drug-likeness (QED) is 0.280. The largest absolute Gasteiger partial charge is 0.385 e. The zero-order valence-electron chi connectivity index (χ0n) is 18.9. The number of pyridine rings is 1. The average molecular weight is 484 g/mol. The van der Waals surface area contributed by atoms with Gasteiger partial charge in [0.15, 0.2) is 5.82 Å². The highest BCUT2D eigenvalue weighted by Gasteiger charge is 2.48. The Kier molecular flexibility index (Phi) is 5.61. The molecule has 1 saturated heterocycles. The van der Waals surface area contributed by atoms with Crippen LogP contribution in [0, 0.1) is 27.6 Å². The molecule has 0 aromatic carbocycles. The average Bonchev–Trinajstić information content (AvgIpc) is 3.71. The number of aromatic nitrogens is 2. The van der Waals surface area contributed by atoms with Crippen molar-refractivity contribution in [3.05, 3.63) is 29.8 Å². The highest BCUT2D eigenvalue weighted by atomic mass is 32.2. The van der Waals surface area contributed by atoms with Crippen molar-refractivity contribution in [3.8, 4) is 6.07 Å². The van der Waals surface area contributed by atoms with E-state index in [-0.39, 0.29) is 15.6 Å². The standard InChI is InChI=1S/C23H29N7OS2/c1-21(3-4-21)28-33-15-11-16(23(31)7-9-29(2)10-8-23)17-12-27-19(30(17)13-15)18(25)32-20(26)22(14-24)5-6-22/h11-13,25-26,28,31H,3-10H2,1-2H3. The van der Waals surface area contributed by atoms with Crippen LogP contribution in [0.3, 0.4) is 0 Å². The number of thioether (sulfide) groups is 1. The van der Waals surface area contributed by atoms with E-state index in [1.165, 1.54) is 0 Å². The molecular formula is C23H29N7OS2. The first-order valence-electron chi connectivity index (χ1n) is 11.3. The fourth-order valence-electron chi connectivity index (χ4n) is 4.16. The van der Waals surface area contributed by atoms with Gasteiger partial charge in [-0.1, -0.05) is 11.8 Å². The molecule has 2 aliphatic carbocycles. The first kappa shape index (κ1) is 22.9. The normalized spacial score (nSPS) is 22.6. The number of hydrogen-bond donors (Lipinski definition) is 4. The first-order chi connectivity index (χ1) is 15.7. The highest BCUT2D eigenvalue weighted by molar-refractivity contribution is 8.26. The summed E-state index contributed by atoms with van der Waals surface area (Å²) in [5.74, 6) is 0.436. The number of fused-ring (bicyclic) bond motifs is 1. The fraction of sp³-hybridized carbons (Fsp3) is 0.565. The van der Waals surface area contributed by atoms with Crippen LogP contribution in [0.1, 0.15) is 56.8 Å². The van der Waals surface area contributed by atoms with Gasteiger partial charge in [0.05, 0.1) is 28.4 Å². The third-order valence-corrected chi connectivity index (χ3v) is 9.19. The molecule has 3 fully saturated rings. The van der Waals surface area contributed by atoms with Gasteiger partial charge in [-0.05, 0) is 70.5 Å². The Morgan fingerprint density at radius 1 is 1.21 bits per heavy atom. The van der Waals surface area contributed by atoms with Crippen LogP contribution in [-0.2, 0) is 5.60 Å². The minimum absolute atomic E-state index is 0.145. The monoisotopic (exact) mass is 483 g/mol. The van der Waals surface area contributed by atoms with Crippen molar-refractivity contribution >= 4 is 39.3 Å². The van der Waals surface area contributed by atoms with Crippen molar-refractivity contribution in [2.24, 2.45) is 5.41 Å². The summed E-state index contributed by atoms with van der Waals surface area (Å²) in [6, 6.07) is 4.29. The summed E-state index contributed by atoms with van der Waals surface area (Å²) in [6.45, 7) is 3.83. The van der Waals surface area contributed by atoms with E-state index in [0.29, 0.717) is 31.5 Å². The molecule has 33 heavy (non-hydrogen) atoms. The smallest absolute Gasteiger partial charge is 0.169 e. The molecule has 4 N–H and O–H groups in total. The van der Waals surface area contributed by atoms with Gasteiger partial charge < -0.3 is 10.0 Å². The lowest BCUT2D eigenvalue weighted by Gasteiger charge is -2.37. The van der Waals surface area contributed by atoms with Crippen molar-refractivity contribution < 1.29 is 5.11 Å². The summed E-state index contributed by atoms with van der Waals surface area (Å²) in [6.07, 6.45) is 8.61. The summed E-state index contributed by atoms with van der Waals surface area (Å²) in [5, 5.41) is 38.4. The number of piperidine rings is 1. The lowest BCUT2D eigenvalue weighted by atomic mass is 9.84. The molecule has 3 aliphatic rings. The Bertz CT molecular complexity index is 1170. The molecule has 2 saturated carbocycles. The lowest BCUT2D eigenvalue weighted by Crippen LogP contribution is -2.41. The van der Waals surface area contributed by atoms with E-state index in [1.54, 1.807) is 18.1 Å². The van der Waals surface area contributed by atoms with Crippen LogP contribution in [0.4, 0.5) is 0 Å². The molecule has 0 amide bonds. The van der Waals surface area contributed by atoms with E-state index in [1.807, 2.05) is 10.6 Å². The van der Waals surface area contributed by atoms with Gasteiger partial charge in [-0.3, -0.25) is 19.9 Å². The second-order valence-electron chi connectivity index (χ2n) is 9.98. The van der Waals surface area contributed by atoms with E-state index in [9.17, 15) is 10.4 Å². The molecule has 3 heterocycles. The summed E-state index contributed by atoms with van der Waals surface area (Å²) in [4.78, 5) is 7.71. The SMILES string of the molecule is CN1CCC(O)(c2cc(SNC3(C)CC3)cn3c(C(=N)SC(=N)C4(C#N)CC4)ncc23)CC1. The van der Waals surface area contributed by atoms with Crippen LogP contribution < -0.4 is 4.72 Å². The van der Waals surface area contributed by atoms with Gasteiger partial charge in [0.1, 0.15) is 10.5 Å². The van der Waals surface area contributed by atoms with Crippen LogP contribution >= 0.6 is 23.7 Å². The molecule has 2 aromatic heterocycles. The minimum Gasteiger partial charge on any atom is -0.385 e. The molecule has 0 atom stereocenters. The number of hydrogen-bond acceptors (Lipinski definition) is 9. The van der Waals surface area contributed by atoms with Gasteiger partial charge in [-0.2, -0.15) is 5.26 Å². The molecule has 0 radical (unpaired) electrons. The Labute approximate surface area is 202 Å². The molecule has 0 bridgehead atoms. The summed E-state index contributed by atoms with van der Waals surface area (Å²) in [7, 11) is 2.07. The van der Waals surface area contributed by atoms with Crippen molar-refractivity contribution in [1.29, 1.82) is 16.1 Å². The van der Waals surface area contributed by atoms with E-state index in [4.69, 9.17) is 10.8 Å². The molecule has 0 unspecified atom stereocenters. The van der Waals surface area contributed by atoms with Crippen molar-refractivity contribution in [3.63, 3.8) is 0 Å². The second kappa shape index (κ2) is 8.10. The van der Waals surface area contributed by atoms with E-state index in [0.717, 1.165) is 53.7 Å². The maximum absolute atomic E-state index is 11.6. The van der Waals surface area contributed by atoms with E-state index >= 15 is 0 Å². The van der Waals surface area contributed by atoms with Gasteiger partial charge in [0, 0.05) is 35.3 Å². The van der Waals surface area contributed by atoms with Gasteiger partial charge in [-0.15, -0.1) is 0 Å². The number of likely N-dealkylation sites (tertiary alicyclic amines) is 1. The molecule has 8 nitrogen and oxygen atoms in total. The predicted octanol–water partition coefficient (Wildman–Crippen LogP) is 3.74.